The summed E-state index contributed by atoms with van der Waals surface area (Å²) < 4.78 is 10.9. The number of fused-ring (bicyclic) bond motifs is 1. The molecule has 0 bridgehead atoms. The molecule has 4 heterocycles. The summed E-state index contributed by atoms with van der Waals surface area (Å²) in [6.07, 6.45) is 3.74. The zero-order valence-corrected chi connectivity index (χ0v) is 16.1. The fraction of sp³-hybridized carbons (Fsp3) is 0.263. The fourth-order valence-corrected chi connectivity index (χ4v) is 3.99. The van der Waals surface area contributed by atoms with Gasteiger partial charge >= 0.3 is 0 Å². The molecular weight excluding hydrogens is 378 g/mol. The van der Waals surface area contributed by atoms with Crippen LogP contribution in [0.3, 0.4) is 0 Å². The van der Waals surface area contributed by atoms with Gasteiger partial charge in [0.15, 0.2) is 16.7 Å². The summed E-state index contributed by atoms with van der Waals surface area (Å²) in [5, 5.41) is 3.29. The molecule has 144 valence electrons. The van der Waals surface area contributed by atoms with Crippen molar-refractivity contribution in [3.8, 4) is 11.5 Å². The number of rotatable bonds is 3. The molecular formula is C19H19N5O3S. The molecule has 2 aliphatic heterocycles. The highest BCUT2D eigenvalue weighted by molar-refractivity contribution is 8.17. The highest BCUT2D eigenvalue weighted by Gasteiger charge is 2.33. The first kappa shape index (κ1) is 18.3. The van der Waals surface area contributed by atoms with Crippen LogP contribution in [0.1, 0.15) is 29.5 Å². The van der Waals surface area contributed by atoms with Gasteiger partial charge in [-0.1, -0.05) is 18.3 Å². The van der Waals surface area contributed by atoms with Crippen LogP contribution < -0.4 is 20.5 Å². The number of nitrogens with two attached hydrogens (primary N) is 1. The molecule has 0 unspecified atom stereocenters. The van der Waals surface area contributed by atoms with E-state index in [0.717, 1.165) is 4.91 Å². The average Bonchev–Trinajstić information content (AvgIpc) is 2.67. The van der Waals surface area contributed by atoms with E-state index in [9.17, 15) is 4.79 Å². The Hall–Kier alpha value is -3.07. The number of hydrogen-bond donors (Lipinski definition) is 2. The molecule has 9 heteroatoms. The molecule has 0 saturated carbocycles. The molecule has 0 spiro atoms. The largest absolute Gasteiger partial charge is 0.486 e. The summed E-state index contributed by atoms with van der Waals surface area (Å²) in [7, 11) is 0. The summed E-state index contributed by atoms with van der Waals surface area (Å²) >= 11 is 1.37. The SMILES string of the molecule is C=C1C[C@@](C)(c2cc(NC(=O)c3cc4c(cn3)OCCO4)ccn2)N=C(N)S1. The fourth-order valence-electron chi connectivity index (χ4n) is 3.09. The Balaban J connectivity index is 1.56. The maximum Gasteiger partial charge on any atom is 0.274 e. The maximum atomic E-state index is 12.6. The van der Waals surface area contributed by atoms with Crippen LogP contribution in [-0.2, 0) is 5.54 Å². The number of amidine groups is 1. The van der Waals surface area contributed by atoms with Crippen molar-refractivity contribution in [3.63, 3.8) is 0 Å². The molecule has 8 nitrogen and oxygen atoms in total. The summed E-state index contributed by atoms with van der Waals surface area (Å²) in [4.78, 5) is 26.7. The minimum Gasteiger partial charge on any atom is -0.486 e. The molecule has 1 amide bonds. The maximum absolute atomic E-state index is 12.6. The molecule has 2 aliphatic rings. The molecule has 0 radical (unpaired) electrons. The third-order valence-corrected chi connectivity index (χ3v) is 5.11. The van der Waals surface area contributed by atoms with Gasteiger partial charge in [-0.3, -0.25) is 9.78 Å². The Morgan fingerprint density at radius 1 is 1.29 bits per heavy atom. The number of carbonyl (C=O) groups excluding carboxylic acids is 1. The van der Waals surface area contributed by atoms with E-state index in [1.807, 2.05) is 6.92 Å². The quantitative estimate of drug-likeness (QED) is 0.819. The Kier molecular flexibility index (Phi) is 4.68. The summed E-state index contributed by atoms with van der Waals surface area (Å²) in [6.45, 7) is 6.86. The van der Waals surface area contributed by atoms with Crippen LogP contribution in [0.2, 0.25) is 0 Å². The minimum atomic E-state index is -0.623. The number of thioether (sulfide) groups is 1. The zero-order chi connectivity index (χ0) is 19.7. The zero-order valence-electron chi connectivity index (χ0n) is 15.3. The van der Waals surface area contributed by atoms with Crippen molar-refractivity contribution in [1.82, 2.24) is 9.97 Å². The standard InChI is InChI=1S/C19H19N5O3S/c1-11-9-19(2,24-18(20)28-11)16-7-12(3-4-21-16)23-17(25)13-8-14-15(10-22-13)27-6-5-26-14/h3-4,7-8,10H,1,5-6,9H2,2H3,(H2,20,24)(H,21,23,25)/t19-/m0/s1. The smallest absolute Gasteiger partial charge is 0.274 e. The van der Waals surface area contributed by atoms with Gasteiger partial charge in [0.25, 0.3) is 5.91 Å². The number of aliphatic imine (C=N–C) groups is 1. The number of carbonyl (C=O) groups is 1. The normalized spacial score (nSPS) is 21.0. The number of ether oxygens (including phenoxy) is 2. The lowest BCUT2D eigenvalue weighted by Gasteiger charge is -2.30. The van der Waals surface area contributed by atoms with Crippen LogP contribution in [-0.4, -0.2) is 34.3 Å². The highest BCUT2D eigenvalue weighted by atomic mass is 32.2. The van der Waals surface area contributed by atoms with Crippen molar-refractivity contribution in [2.45, 2.75) is 18.9 Å². The van der Waals surface area contributed by atoms with Crippen LogP contribution in [0.4, 0.5) is 5.69 Å². The van der Waals surface area contributed by atoms with E-state index in [1.54, 1.807) is 24.4 Å². The Bertz CT molecular complexity index is 993. The minimum absolute atomic E-state index is 0.235. The molecule has 0 aromatic carbocycles. The molecule has 2 aromatic rings. The molecule has 0 aliphatic carbocycles. The van der Waals surface area contributed by atoms with Gasteiger partial charge in [0, 0.05) is 24.4 Å². The van der Waals surface area contributed by atoms with E-state index in [1.165, 1.54) is 18.0 Å². The van der Waals surface area contributed by atoms with Gasteiger partial charge in [-0.25, -0.2) is 9.98 Å². The molecule has 3 N–H and O–H groups in total. The van der Waals surface area contributed by atoms with Crippen molar-refractivity contribution < 1.29 is 14.3 Å². The predicted octanol–water partition coefficient (Wildman–Crippen LogP) is 2.68. The van der Waals surface area contributed by atoms with Gasteiger partial charge in [0.05, 0.1) is 11.9 Å². The Morgan fingerprint density at radius 2 is 2.07 bits per heavy atom. The number of pyridine rings is 2. The molecule has 0 saturated heterocycles. The number of hydrogen-bond acceptors (Lipinski definition) is 8. The number of nitrogens with zero attached hydrogens (tertiary/aromatic N) is 3. The molecule has 28 heavy (non-hydrogen) atoms. The molecule has 4 rings (SSSR count). The summed E-state index contributed by atoms with van der Waals surface area (Å²) in [5.74, 6) is 0.691. The van der Waals surface area contributed by atoms with E-state index in [4.69, 9.17) is 15.2 Å². The second-order valence-corrected chi connectivity index (χ2v) is 7.84. The van der Waals surface area contributed by atoms with Gasteiger partial charge < -0.3 is 20.5 Å². The van der Waals surface area contributed by atoms with Gasteiger partial charge in [0.2, 0.25) is 0 Å². The van der Waals surface area contributed by atoms with Crippen molar-refractivity contribution in [1.29, 1.82) is 0 Å². The monoisotopic (exact) mass is 397 g/mol. The van der Waals surface area contributed by atoms with Gasteiger partial charge in [0.1, 0.15) is 24.4 Å². The first-order valence-corrected chi connectivity index (χ1v) is 9.49. The lowest BCUT2D eigenvalue weighted by Crippen LogP contribution is -2.29. The Labute approximate surface area is 166 Å². The van der Waals surface area contributed by atoms with Crippen molar-refractivity contribution in [2.24, 2.45) is 10.7 Å². The third kappa shape index (κ3) is 3.65. The first-order valence-electron chi connectivity index (χ1n) is 8.67. The van der Waals surface area contributed by atoms with Crippen molar-refractivity contribution in [2.75, 3.05) is 18.5 Å². The number of anilines is 1. The van der Waals surface area contributed by atoms with E-state index in [-0.39, 0.29) is 11.6 Å². The number of nitrogens with one attached hydrogen (secondary N) is 1. The third-order valence-electron chi connectivity index (χ3n) is 4.38. The molecule has 1 atom stereocenters. The van der Waals surface area contributed by atoms with Gasteiger partial charge in [-0.05, 0) is 24.0 Å². The summed E-state index contributed by atoms with van der Waals surface area (Å²) in [5.41, 5.74) is 6.81. The van der Waals surface area contributed by atoms with Crippen molar-refractivity contribution >= 4 is 28.5 Å². The number of amides is 1. The van der Waals surface area contributed by atoms with E-state index < -0.39 is 5.54 Å². The molecule has 2 aromatic heterocycles. The lowest BCUT2D eigenvalue weighted by atomic mass is 9.93. The first-order chi connectivity index (χ1) is 13.4. The van der Waals surface area contributed by atoms with Crippen LogP contribution in [0.25, 0.3) is 0 Å². The lowest BCUT2D eigenvalue weighted by molar-refractivity contribution is 0.102. The van der Waals surface area contributed by atoms with E-state index in [0.29, 0.717) is 47.7 Å². The highest BCUT2D eigenvalue weighted by Crippen LogP contribution is 2.40. The van der Waals surface area contributed by atoms with E-state index >= 15 is 0 Å². The predicted molar refractivity (Wildman–Crippen MR) is 108 cm³/mol. The average molecular weight is 397 g/mol. The van der Waals surface area contributed by atoms with Gasteiger partial charge in [-0.15, -0.1) is 0 Å². The van der Waals surface area contributed by atoms with Crippen LogP contribution in [0.5, 0.6) is 11.5 Å². The topological polar surface area (TPSA) is 112 Å². The van der Waals surface area contributed by atoms with Crippen molar-refractivity contribution in [3.05, 3.63) is 53.5 Å². The van der Waals surface area contributed by atoms with Gasteiger partial charge in [-0.2, -0.15) is 0 Å². The van der Waals surface area contributed by atoms with E-state index in [2.05, 4.69) is 26.9 Å². The summed E-state index contributed by atoms with van der Waals surface area (Å²) in [6, 6.07) is 5.07. The number of aromatic nitrogens is 2. The second kappa shape index (κ2) is 7.16. The van der Waals surface area contributed by atoms with Crippen LogP contribution in [0.15, 0.2) is 47.1 Å². The van der Waals surface area contributed by atoms with Crippen LogP contribution in [0, 0.1) is 0 Å². The Morgan fingerprint density at radius 3 is 2.86 bits per heavy atom. The molecule has 0 fully saturated rings. The van der Waals surface area contributed by atoms with Crippen LogP contribution >= 0.6 is 11.8 Å². The second-order valence-electron chi connectivity index (χ2n) is 6.64.